The summed E-state index contributed by atoms with van der Waals surface area (Å²) < 4.78 is 10.4. The van der Waals surface area contributed by atoms with E-state index in [4.69, 9.17) is 16.3 Å². The maximum Gasteiger partial charge on any atom is 0.337 e. The maximum atomic E-state index is 12.3. The number of hydrogen-bond acceptors (Lipinski definition) is 4. The van der Waals surface area contributed by atoms with Gasteiger partial charge in [-0.25, -0.2) is 4.79 Å². The Labute approximate surface area is 151 Å². The number of benzene rings is 2. The zero-order chi connectivity index (χ0) is 18.6. The third-order valence-corrected chi connectivity index (χ3v) is 4.24. The van der Waals surface area contributed by atoms with Crippen molar-refractivity contribution >= 4 is 29.2 Å². The second-order valence-electron chi connectivity index (χ2n) is 5.69. The van der Waals surface area contributed by atoms with E-state index >= 15 is 0 Å². The summed E-state index contributed by atoms with van der Waals surface area (Å²) in [6.07, 6.45) is -0.721. The zero-order valence-electron chi connectivity index (χ0n) is 14.6. The number of halogens is 1. The van der Waals surface area contributed by atoms with Crippen molar-refractivity contribution in [3.8, 4) is 5.75 Å². The average molecular weight is 362 g/mol. The maximum absolute atomic E-state index is 12.3. The van der Waals surface area contributed by atoms with Gasteiger partial charge in [-0.2, -0.15) is 0 Å². The Hall–Kier alpha value is -2.53. The van der Waals surface area contributed by atoms with Gasteiger partial charge in [0.2, 0.25) is 0 Å². The molecule has 0 aliphatic carbocycles. The first kappa shape index (κ1) is 18.8. The number of anilines is 1. The molecule has 0 bridgehead atoms. The van der Waals surface area contributed by atoms with Crippen molar-refractivity contribution in [2.24, 2.45) is 0 Å². The number of rotatable bonds is 5. The molecule has 0 aliphatic rings. The van der Waals surface area contributed by atoms with Crippen LogP contribution >= 0.6 is 11.6 Å². The van der Waals surface area contributed by atoms with E-state index < -0.39 is 12.1 Å². The number of esters is 1. The molecule has 0 saturated carbocycles. The lowest BCUT2D eigenvalue weighted by Crippen LogP contribution is -2.30. The summed E-state index contributed by atoms with van der Waals surface area (Å²) in [7, 11) is 1.31. The number of carbonyl (C=O) groups excluding carboxylic acids is 2. The first-order valence-corrected chi connectivity index (χ1v) is 8.12. The van der Waals surface area contributed by atoms with Crippen LogP contribution in [0.15, 0.2) is 36.4 Å². The molecule has 2 aromatic carbocycles. The van der Waals surface area contributed by atoms with Gasteiger partial charge in [0, 0.05) is 10.7 Å². The molecule has 6 heteroatoms. The number of hydrogen-bond donors (Lipinski definition) is 1. The van der Waals surface area contributed by atoms with Crippen LogP contribution in [0.3, 0.4) is 0 Å². The van der Waals surface area contributed by atoms with Gasteiger partial charge in [0.1, 0.15) is 5.75 Å². The average Bonchev–Trinajstić information content (AvgIpc) is 2.59. The third-order valence-electron chi connectivity index (χ3n) is 3.64. The molecule has 2 aromatic rings. The summed E-state index contributed by atoms with van der Waals surface area (Å²) in [6, 6.07) is 10.1. The van der Waals surface area contributed by atoms with Gasteiger partial charge in [-0.05, 0) is 62.2 Å². The lowest BCUT2D eigenvalue weighted by Gasteiger charge is -2.16. The fourth-order valence-corrected chi connectivity index (χ4v) is 2.43. The van der Waals surface area contributed by atoms with Crippen LogP contribution < -0.4 is 10.1 Å². The van der Waals surface area contributed by atoms with Crippen molar-refractivity contribution in [2.75, 3.05) is 12.4 Å². The van der Waals surface area contributed by atoms with Gasteiger partial charge in [-0.1, -0.05) is 17.7 Å². The van der Waals surface area contributed by atoms with Crippen LogP contribution in [0.4, 0.5) is 5.69 Å². The molecule has 0 aromatic heterocycles. The number of carbonyl (C=O) groups is 2. The second kappa shape index (κ2) is 8.03. The number of amides is 1. The summed E-state index contributed by atoms with van der Waals surface area (Å²) in [5.41, 5.74) is 2.62. The highest BCUT2D eigenvalue weighted by Gasteiger charge is 2.16. The molecule has 0 saturated heterocycles. The van der Waals surface area contributed by atoms with Gasteiger partial charge in [-0.3, -0.25) is 4.79 Å². The fraction of sp³-hybridized carbons (Fsp3) is 0.263. The molecule has 0 fully saturated rings. The Morgan fingerprint density at radius 2 is 1.76 bits per heavy atom. The lowest BCUT2D eigenvalue weighted by molar-refractivity contribution is -0.122. The largest absolute Gasteiger partial charge is 0.481 e. The lowest BCUT2D eigenvalue weighted by atomic mass is 10.1. The van der Waals surface area contributed by atoms with Crippen molar-refractivity contribution in [3.05, 3.63) is 58.1 Å². The van der Waals surface area contributed by atoms with Crippen molar-refractivity contribution in [3.63, 3.8) is 0 Å². The molecular formula is C19H20ClNO4. The Bertz CT molecular complexity index is 781. The van der Waals surface area contributed by atoms with Crippen LogP contribution in [-0.4, -0.2) is 25.1 Å². The van der Waals surface area contributed by atoms with Crippen LogP contribution in [0.1, 0.15) is 28.4 Å². The van der Waals surface area contributed by atoms with Gasteiger partial charge in [0.25, 0.3) is 5.91 Å². The van der Waals surface area contributed by atoms with E-state index in [1.165, 1.54) is 7.11 Å². The summed E-state index contributed by atoms with van der Waals surface area (Å²) >= 11 is 6.14. The molecule has 1 N–H and O–H groups in total. The van der Waals surface area contributed by atoms with Crippen LogP contribution in [0.5, 0.6) is 5.75 Å². The fourth-order valence-electron chi connectivity index (χ4n) is 2.32. The van der Waals surface area contributed by atoms with Gasteiger partial charge < -0.3 is 14.8 Å². The predicted molar refractivity (Wildman–Crippen MR) is 97.4 cm³/mol. The summed E-state index contributed by atoms with van der Waals surface area (Å²) in [4.78, 5) is 23.9. The Morgan fingerprint density at radius 3 is 2.36 bits per heavy atom. The number of methoxy groups -OCH3 is 1. The number of nitrogens with one attached hydrogen (secondary N) is 1. The van der Waals surface area contributed by atoms with Crippen molar-refractivity contribution in [1.82, 2.24) is 0 Å². The monoisotopic (exact) mass is 361 g/mol. The van der Waals surface area contributed by atoms with E-state index in [9.17, 15) is 9.59 Å². The van der Waals surface area contributed by atoms with Gasteiger partial charge in [0.05, 0.1) is 12.7 Å². The minimum absolute atomic E-state index is 0.327. The van der Waals surface area contributed by atoms with Gasteiger partial charge >= 0.3 is 5.97 Å². The normalized spacial score (nSPS) is 11.6. The molecule has 2 rings (SSSR count). The van der Waals surface area contributed by atoms with E-state index in [1.54, 1.807) is 43.3 Å². The summed E-state index contributed by atoms with van der Waals surface area (Å²) in [5.74, 6) is -0.217. The SMILES string of the molecule is COC(=O)c1cccc(NC(=O)C(C)Oc2cc(C)c(Cl)c(C)c2)c1. The van der Waals surface area contributed by atoms with Crippen LogP contribution in [0.25, 0.3) is 0 Å². The minimum atomic E-state index is -0.721. The molecule has 1 unspecified atom stereocenters. The summed E-state index contributed by atoms with van der Waals surface area (Å²) in [5, 5.41) is 3.41. The van der Waals surface area contributed by atoms with Crippen LogP contribution in [0, 0.1) is 13.8 Å². The van der Waals surface area contributed by atoms with Crippen LogP contribution in [-0.2, 0) is 9.53 Å². The minimum Gasteiger partial charge on any atom is -0.481 e. The van der Waals surface area contributed by atoms with E-state index in [0.29, 0.717) is 22.0 Å². The highest BCUT2D eigenvalue weighted by Crippen LogP contribution is 2.26. The van der Waals surface area contributed by atoms with Crippen molar-refractivity contribution in [2.45, 2.75) is 26.9 Å². The van der Waals surface area contributed by atoms with Crippen molar-refractivity contribution in [1.29, 1.82) is 0 Å². The van der Waals surface area contributed by atoms with Gasteiger partial charge in [-0.15, -0.1) is 0 Å². The quantitative estimate of drug-likeness (QED) is 0.812. The third kappa shape index (κ3) is 4.73. The molecule has 132 valence electrons. The van der Waals surface area contributed by atoms with E-state index in [-0.39, 0.29) is 5.91 Å². The molecule has 5 nitrogen and oxygen atoms in total. The van der Waals surface area contributed by atoms with Gasteiger partial charge in [0.15, 0.2) is 6.10 Å². The predicted octanol–water partition coefficient (Wildman–Crippen LogP) is 4.15. The smallest absolute Gasteiger partial charge is 0.337 e. The first-order chi connectivity index (χ1) is 11.8. The van der Waals surface area contributed by atoms with E-state index in [2.05, 4.69) is 10.1 Å². The molecule has 0 aliphatic heterocycles. The first-order valence-electron chi connectivity index (χ1n) is 7.74. The number of aryl methyl sites for hydroxylation is 2. The standard InChI is InChI=1S/C19H20ClNO4/c1-11-8-16(9-12(2)17(11)20)25-13(3)18(22)21-15-7-5-6-14(10-15)19(23)24-4/h5-10,13H,1-4H3,(H,21,22). The van der Waals surface area contributed by atoms with Crippen LogP contribution in [0.2, 0.25) is 5.02 Å². The van der Waals surface area contributed by atoms with Crippen molar-refractivity contribution < 1.29 is 19.1 Å². The van der Waals surface area contributed by atoms with E-state index in [0.717, 1.165) is 11.1 Å². The zero-order valence-corrected chi connectivity index (χ0v) is 15.3. The second-order valence-corrected chi connectivity index (χ2v) is 6.07. The summed E-state index contributed by atoms with van der Waals surface area (Å²) in [6.45, 7) is 5.41. The number of ether oxygens (including phenoxy) is 2. The Balaban J connectivity index is 2.07. The highest BCUT2D eigenvalue weighted by molar-refractivity contribution is 6.32. The molecule has 0 radical (unpaired) electrons. The highest BCUT2D eigenvalue weighted by atomic mass is 35.5. The topological polar surface area (TPSA) is 64.6 Å². The molecule has 25 heavy (non-hydrogen) atoms. The molecular weight excluding hydrogens is 342 g/mol. The molecule has 1 amide bonds. The Morgan fingerprint density at radius 1 is 1.12 bits per heavy atom. The van der Waals surface area contributed by atoms with E-state index in [1.807, 2.05) is 13.8 Å². The Kier molecular flexibility index (Phi) is 6.04. The molecule has 0 heterocycles. The molecule has 0 spiro atoms. The molecule has 1 atom stereocenters.